The molecule has 102 valence electrons. The van der Waals surface area contributed by atoms with Gasteiger partial charge in [0.25, 0.3) is 0 Å². The molecule has 2 atom stereocenters. The molecule has 0 aliphatic carbocycles. The highest BCUT2D eigenvalue weighted by Gasteiger charge is 2.10. The molecule has 1 heterocycles. The minimum absolute atomic E-state index is 0.211. The quantitative estimate of drug-likeness (QED) is 0.851. The topological polar surface area (TPSA) is 32.3 Å². The first-order valence-electron chi connectivity index (χ1n) is 6.33. The highest BCUT2D eigenvalue weighted by atomic mass is 32.1. The second-order valence-electron chi connectivity index (χ2n) is 4.71. The van der Waals surface area contributed by atoms with Crippen LogP contribution in [0.15, 0.2) is 41.1 Å². The third kappa shape index (κ3) is 4.42. The fourth-order valence-electron chi connectivity index (χ4n) is 1.94. The maximum Gasteiger partial charge on any atom is 0.123 e. The Morgan fingerprint density at radius 1 is 1.26 bits per heavy atom. The van der Waals surface area contributed by atoms with E-state index in [9.17, 15) is 9.50 Å². The van der Waals surface area contributed by atoms with Crippen molar-refractivity contribution in [2.75, 3.05) is 6.54 Å². The number of rotatable bonds is 6. The molecule has 2 rings (SSSR count). The van der Waals surface area contributed by atoms with Gasteiger partial charge in [0.2, 0.25) is 0 Å². The first-order chi connectivity index (χ1) is 9.15. The molecular formula is C15H18FNOS. The average molecular weight is 279 g/mol. The predicted octanol–water partition coefficient (Wildman–Crippen LogP) is 3.14. The zero-order valence-corrected chi connectivity index (χ0v) is 11.7. The van der Waals surface area contributed by atoms with Gasteiger partial charge in [-0.25, -0.2) is 4.39 Å². The lowest BCUT2D eigenvalue weighted by atomic mass is 10.1. The number of thiophene rings is 1. The number of nitrogens with one attached hydrogen (secondary N) is 1. The molecule has 0 radical (unpaired) electrons. The molecule has 0 aliphatic rings. The largest absolute Gasteiger partial charge is 0.387 e. The summed E-state index contributed by atoms with van der Waals surface area (Å²) >= 11 is 1.58. The zero-order valence-electron chi connectivity index (χ0n) is 10.8. The summed E-state index contributed by atoms with van der Waals surface area (Å²) in [5, 5.41) is 17.2. The molecule has 4 heteroatoms. The van der Waals surface area contributed by atoms with E-state index in [2.05, 4.69) is 12.2 Å². The summed E-state index contributed by atoms with van der Waals surface area (Å²) in [7, 11) is 0. The molecule has 0 bridgehead atoms. The Kier molecular flexibility index (Phi) is 5.07. The van der Waals surface area contributed by atoms with Gasteiger partial charge in [0.05, 0.1) is 6.10 Å². The average Bonchev–Trinajstić information content (AvgIpc) is 2.93. The molecule has 0 fully saturated rings. The van der Waals surface area contributed by atoms with Crippen molar-refractivity contribution < 1.29 is 9.50 Å². The van der Waals surface area contributed by atoms with E-state index in [1.807, 2.05) is 16.8 Å². The van der Waals surface area contributed by atoms with Crippen molar-refractivity contribution in [3.63, 3.8) is 0 Å². The van der Waals surface area contributed by atoms with Crippen LogP contribution in [-0.4, -0.2) is 17.7 Å². The molecule has 1 aromatic carbocycles. The van der Waals surface area contributed by atoms with E-state index in [1.54, 1.807) is 23.5 Å². The summed E-state index contributed by atoms with van der Waals surface area (Å²) in [6.45, 7) is 2.59. The van der Waals surface area contributed by atoms with Gasteiger partial charge in [0.15, 0.2) is 0 Å². The molecule has 19 heavy (non-hydrogen) atoms. The summed E-state index contributed by atoms with van der Waals surface area (Å²) in [6, 6.07) is 8.70. The summed E-state index contributed by atoms with van der Waals surface area (Å²) in [6.07, 6.45) is 0.346. The lowest BCUT2D eigenvalue weighted by Crippen LogP contribution is -2.31. The van der Waals surface area contributed by atoms with Gasteiger partial charge in [-0.05, 0) is 53.4 Å². The Hall–Kier alpha value is -1.23. The monoisotopic (exact) mass is 279 g/mol. The van der Waals surface area contributed by atoms with Crippen molar-refractivity contribution in [3.8, 4) is 0 Å². The second kappa shape index (κ2) is 6.80. The smallest absolute Gasteiger partial charge is 0.123 e. The third-order valence-electron chi connectivity index (χ3n) is 3.04. The Morgan fingerprint density at radius 3 is 2.63 bits per heavy atom. The summed E-state index contributed by atoms with van der Waals surface area (Å²) in [5.41, 5.74) is 2.04. The fraction of sp³-hybridized carbons (Fsp3) is 0.333. The van der Waals surface area contributed by atoms with Crippen LogP contribution in [0.2, 0.25) is 0 Å². The van der Waals surface area contributed by atoms with E-state index >= 15 is 0 Å². The lowest BCUT2D eigenvalue weighted by Gasteiger charge is -2.16. The predicted molar refractivity (Wildman–Crippen MR) is 76.8 cm³/mol. The first-order valence-corrected chi connectivity index (χ1v) is 7.27. The summed E-state index contributed by atoms with van der Waals surface area (Å²) in [4.78, 5) is 0. The highest BCUT2D eigenvalue weighted by molar-refractivity contribution is 7.07. The van der Waals surface area contributed by atoms with Crippen LogP contribution in [0.5, 0.6) is 0 Å². The molecule has 0 saturated carbocycles. The minimum Gasteiger partial charge on any atom is -0.387 e. The SMILES string of the molecule is C[C@@H](Cc1ccc(F)cc1)NC[C@@H](O)c1ccsc1. The Bertz CT molecular complexity index is 483. The molecule has 2 nitrogen and oxygen atoms in total. The second-order valence-corrected chi connectivity index (χ2v) is 5.49. The van der Waals surface area contributed by atoms with E-state index in [-0.39, 0.29) is 11.9 Å². The standard InChI is InChI=1S/C15H18FNOS/c1-11(8-12-2-4-14(16)5-3-12)17-9-15(18)13-6-7-19-10-13/h2-7,10-11,15,17-18H,8-9H2,1H3/t11-,15+/m0/s1. The number of halogens is 1. The van der Waals surface area contributed by atoms with Crippen molar-refractivity contribution in [2.45, 2.75) is 25.5 Å². The van der Waals surface area contributed by atoms with Gasteiger partial charge in [-0.1, -0.05) is 12.1 Å². The molecular weight excluding hydrogens is 261 g/mol. The van der Waals surface area contributed by atoms with Crippen molar-refractivity contribution in [1.82, 2.24) is 5.32 Å². The highest BCUT2D eigenvalue weighted by Crippen LogP contribution is 2.15. The molecule has 2 N–H and O–H groups in total. The summed E-state index contributed by atoms with van der Waals surface area (Å²) < 4.78 is 12.8. The Balaban J connectivity index is 1.78. The molecule has 0 unspecified atom stereocenters. The van der Waals surface area contributed by atoms with Crippen LogP contribution in [0, 0.1) is 5.82 Å². The van der Waals surface area contributed by atoms with E-state index in [1.165, 1.54) is 12.1 Å². The van der Waals surface area contributed by atoms with E-state index in [4.69, 9.17) is 0 Å². The van der Waals surface area contributed by atoms with Crippen molar-refractivity contribution in [1.29, 1.82) is 0 Å². The summed E-state index contributed by atoms with van der Waals surface area (Å²) in [5.74, 6) is -0.211. The van der Waals surface area contributed by atoms with E-state index < -0.39 is 6.10 Å². The van der Waals surface area contributed by atoms with Gasteiger partial charge in [0.1, 0.15) is 5.82 Å². The molecule has 0 aliphatic heterocycles. The zero-order chi connectivity index (χ0) is 13.7. The fourth-order valence-corrected chi connectivity index (χ4v) is 2.65. The molecule has 0 amide bonds. The first kappa shape index (κ1) is 14.2. The molecule has 0 saturated heterocycles. The molecule has 2 aromatic rings. The molecule has 1 aromatic heterocycles. The van der Waals surface area contributed by atoms with Crippen LogP contribution in [0.1, 0.15) is 24.2 Å². The van der Waals surface area contributed by atoms with Gasteiger partial charge >= 0.3 is 0 Å². The Morgan fingerprint density at radius 2 is 2.00 bits per heavy atom. The van der Waals surface area contributed by atoms with Crippen LogP contribution < -0.4 is 5.32 Å². The maximum atomic E-state index is 12.8. The van der Waals surface area contributed by atoms with Gasteiger partial charge in [0, 0.05) is 12.6 Å². The van der Waals surface area contributed by atoms with Crippen molar-refractivity contribution >= 4 is 11.3 Å². The van der Waals surface area contributed by atoms with Gasteiger partial charge in [-0.2, -0.15) is 11.3 Å². The van der Waals surface area contributed by atoms with Crippen LogP contribution in [0.3, 0.4) is 0 Å². The van der Waals surface area contributed by atoms with Crippen molar-refractivity contribution in [3.05, 3.63) is 58.0 Å². The van der Waals surface area contributed by atoms with Crippen LogP contribution in [-0.2, 0) is 6.42 Å². The lowest BCUT2D eigenvalue weighted by molar-refractivity contribution is 0.171. The van der Waals surface area contributed by atoms with E-state index in [0.717, 1.165) is 17.5 Å². The van der Waals surface area contributed by atoms with Crippen LogP contribution in [0.4, 0.5) is 4.39 Å². The van der Waals surface area contributed by atoms with Gasteiger partial charge < -0.3 is 10.4 Å². The van der Waals surface area contributed by atoms with E-state index in [0.29, 0.717) is 6.54 Å². The number of aliphatic hydroxyl groups excluding tert-OH is 1. The minimum atomic E-state index is -0.470. The number of hydrogen-bond donors (Lipinski definition) is 2. The number of aliphatic hydroxyl groups is 1. The van der Waals surface area contributed by atoms with Gasteiger partial charge in [-0.3, -0.25) is 0 Å². The van der Waals surface area contributed by atoms with Crippen molar-refractivity contribution in [2.24, 2.45) is 0 Å². The number of benzene rings is 1. The normalized spacial score (nSPS) is 14.3. The third-order valence-corrected chi connectivity index (χ3v) is 3.74. The van der Waals surface area contributed by atoms with Crippen LogP contribution in [0.25, 0.3) is 0 Å². The molecule has 0 spiro atoms. The Labute approximate surface area is 116 Å². The maximum absolute atomic E-state index is 12.8. The van der Waals surface area contributed by atoms with Crippen LogP contribution >= 0.6 is 11.3 Å². The number of hydrogen-bond acceptors (Lipinski definition) is 3. The van der Waals surface area contributed by atoms with Gasteiger partial charge in [-0.15, -0.1) is 0 Å².